The molecule has 0 aromatic carbocycles. The van der Waals surface area contributed by atoms with Crippen LogP contribution in [-0.2, 0) is 0 Å². The zero-order chi connectivity index (χ0) is 11.5. The number of anilines is 1. The van der Waals surface area contributed by atoms with Crippen LogP contribution in [0.25, 0.3) is 0 Å². The van der Waals surface area contributed by atoms with Crippen LogP contribution < -0.4 is 4.90 Å². The third-order valence-corrected chi connectivity index (χ3v) is 3.07. The Morgan fingerprint density at radius 1 is 1.50 bits per heavy atom. The molecule has 0 spiro atoms. The maximum atomic E-state index is 5.89. The van der Waals surface area contributed by atoms with Gasteiger partial charge in [-0.1, -0.05) is 11.6 Å². The summed E-state index contributed by atoms with van der Waals surface area (Å²) in [4.78, 5) is 12.7. The maximum absolute atomic E-state index is 5.89. The summed E-state index contributed by atoms with van der Waals surface area (Å²) in [5.74, 6) is 0.948. The highest BCUT2D eigenvalue weighted by Gasteiger charge is 2.26. The second kappa shape index (κ2) is 4.97. The van der Waals surface area contributed by atoms with Crippen molar-refractivity contribution in [2.75, 3.05) is 32.1 Å². The van der Waals surface area contributed by atoms with Crippen LogP contribution in [0.4, 0.5) is 5.82 Å². The minimum atomic E-state index is 0.514. The van der Waals surface area contributed by atoms with Gasteiger partial charge in [-0.25, -0.2) is 9.97 Å². The van der Waals surface area contributed by atoms with E-state index >= 15 is 0 Å². The van der Waals surface area contributed by atoms with Crippen molar-refractivity contribution in [1.82, 2.24) is 14.9 Å². The van der Waals surface area contributed by atoms with Gasteiger partial charge in [0, 0.05) is 25.2 Å². The van der Waals surface area contributed by atoms with E-state index in [1.54, 1.807) is 0 Å². The van der Waals surface area contributed by atoms with Crippen LogP contribution in [0.2, 0.25) is 5.15 Å². The van der Waals surface area contributed by atoms with E-state index in [2.05, 4.69) is 33.9 Å². The maximum Gasteiger partial charge on any atom is 0.134 e. The fourth-order valence-electron chi connectivity index (χ4n) is 2.23. The van der Waals surface area contributed by atoms with Crippen molar-refractivity contribution in [3.05, 3.63) is 17.5 Å². The number of nitrogens with zero attached hydrogens (tertiary/aromatic N) is 4. The molecule has 0 saturated carbocycles. The normalized spacial score (nSPS) is 20.8. The SMILES string of the molecule is CN(C)CC1CCCN1c1cc(Cl)ncn1. The van der Waals surface area contributed by atoms with Gasteiger partial charge in [0.2, 0.25) is 0 Å². The van der Waals surface area contributed by atoms with Gasteiger partial charge in [-0.05, 0) is 26.9 Å². The van der Waals surface area contributed by atoms with Gasteiger partial charge >= 0.3 is 0 Å². The van der Waals surface area contributed by atoms with Crippen molar-refractivity contribution in [1.29, 1.82) is 0 Å². The second-order valence-electron chi connectivity index (χ2n) is 4.45. The predicted octanol–water partition coefficient (Wildman–Crippen LogP) is 1.66. The first kappa shape index (κ1) is 11.6. The molecule has 0 bridgehead atoms. The summed E-state index contributed by atoms with van der Waals surface area (Å²) in [6, 6.07) is 2.39. The summed E-state index contributed by atoms with van der Waals surface area (Å²) in [5.41, 5.74) is 0. The monoisotopic (exact) mass is 240 g/mol. The molecule has 5 heteroatoms. The van der Waals surface area contributed by atoms with Crippen LogP contribution >= 0.6 is 11.6 Å². The molecular formula is C11H17ClN4. The second-order valence-corrected chi connectivity index (χ2v) is 4.84. The van der Waals surface area contributed by atoms with Crippen molar-refractivity contribution in [2.24, 2.45) is 0 Å². The summed E-state index contributed by atoms with van der Waals surface area (Å²) < 4.78 is 0. The number of aromatic nitrogens is 2. The largest absolute Gasteiger partial charge is 0.352 e. The van der Waals surface area contributed by atoms with Gasteiger partial charge in [-0.2, -0.15) is 0 Å². The highest BCUT2D eigenvalue weighted by molar-refractivity contribution is 6.29. The van der Waals surface area contributed by atoms with E-state index in [9.17, 15) is 0 Å². The van der Waals surface area contributed by atoms with Crippen LogP contribution in [0.1, 0.15) is 12.8 Å². The van der Waals surface area contributed by atoms with E-state index in [0.717, 1.165) is 18.9 Å². The molecule has 0 N–H and O–H groups in total. The molecule has 2 rings (SSSR count). The van der Waals surface area contributed by atoms with Gasteiger partial charge in [-0.3, -0.25) is 0 Å². The van der Waals surface area contributed by atoms with E-state index in [-0.39, 0.29) is 0 Å². The van der Waals surface area contributed by atoms with Crippen LogP contribution in [0.3, 0.4) is 0 Å². The quantitative estimate of drug-likeness (QED) is 0.753. The molecule has 0 amide bonds. The number of halogens is 1. The fourth-order valence-corrected chi connectivity index (χ4v) is 2.37. The third-order valence-electron chi connectivity index (χ3n) is 2.87. The lowest BCUT2D eigenvalue weighted by atomic mass is 10.2. The Labute approximate surface area is 101 Å². The summed E-state index contributed by atoms with van der Waals surface area (Å²) in [5, 5.41) is 0.514. The zero-order valence-corrected chi connectivity index (χ0v) is 10.5. The molecule has 0 radical (unpaired) electrons. The standard InChI is InChI=1S/C11H17ClN4/c1-15(2)7-9-4-3-5-16(9)11-6-10(12)13-8-14-11/h6,8-9H,3-5,7H2,1-2H3. The zero-order valence-electron chi connectivity index (χ0n) is 9.73. The number of hydrogen-bond acceptors (Lipinski definition) is 4. The third kappa shape index (κ3) is 2.62. The Hall–Kier alpha value is -0.870. The van der Waals surface area contributed by atoms with Crippen molar-refractivity contribution < 1.29 is 0 Å². The molecule has 1 aliphatic heterocycles. The Morgan fingerprint density at radius 3 is 3.00 bits per heavy atom. The van der Waals surface area contributed by atoms with Gasteiger partial charge in [-0.15, -0.1) is 0 Å². The molecule has 0 aliphatic carbocycles. The lowest BCUT2D eigenvalue weighted by Crippen LogP contribution is -2.38. The molecule has 4 nitrogen and oxygen atoms in total. The number of hydrogen-bond donors (Lipinski definition) is 0. The van der Waals surface area contributed by atoms with Crippen LogP contribution in [0, 0.1) is 0 Å². The highest BCUT2D eigenvalue weighted by atomic mass is 35.5. The molecule has 88 valence electrons. The summed E-state index contributed by atoms with van der Waals surface area (Å²) in [7, 11) is 4.20. The first-order valence-electron chi connectivity index (χ1n) is 5.56. The molecule has 1 atom stereocenters. The Balaban J connectivity index is 2.13. The average Bonchev–Trinajstić information content (AvgIpc) is 2.65. The van der Waals surface area contributed by atoms with Crippen LogP contribution in [-0.4, -0.2) is 48.1 Å². The lowest BCUT2D eigenvalue weighted by Gasteiger charge is -2.27. The summed E-state index contributed by atoms with van der Waals surface area (Å²) >= 11 is 5.89. The Bertz CT molecular complexity index is 356. The molecule has 1 fully saturated rings. The van der Waals surface area contributed by atoms with E-state index in [1.165, 1.54) is 19.2 Å². The topological polar surface area (TPSA) is 32.3 Å². The van der Waals surface area contributed by atoms with E-state index < -0.39 is 0 Å². The number of rotatable bonds is 3. The predicted molar refractivity (Wildman–Crippen MR) is 66.0 cm³/mol. The smallest absolute Gasteiger partial charge is 0.134 e. The lowest BCUT2D eigenvalue weighted by molar-refractivity contribution is 0.371. The molecule has 1 aromatic heterocycles. The summed E-state index contributed by atoms with van der Waals surface area (Å²) in [6.07, 6.45) is 3.97. The molecule has 16 heavy (non-hydrogen) atoms. The minimum absolute atomic E-state index is 0.514. The van der Waals surface area contributed by atoms with E-state index in [1.807, 2.05) is 6.07 Å². The van der Waals surface area contributed by atoms with Gasteiger partial charge in [0.25, 0.3) is 0 Å². The molecule has 1 unspecified atom stereocenters. The Morgan fingerprint density at radius 2 is 2.31 bits per heavy atom. The van der Waals surface area contributed by atoms with Crippen LogP contribution in [0.15, 0.2) is 12.4 Å². The number of likely N-dealkylation sites (N-methyl/N-ethyl adjacent to an activating group) is 1. The van der Waals surface area contributed by atoms with Crippen molar-refractivity contribution >= 4 is 17.4 Å². The van der Waals surface area contributed by atoms with E-state index in [0.29, 0.717) is 11.2 Å². The molecule has 1 aromatic rings. The molecule has 2 heterocycles. The van der Waals surface area contributed by atoms with Crippen molar-refractivity contribution in [2.45, 2.75) is 18.9 Å². The first-order valence-corrected chi connectivity index (χ1v) is 5.93. The van der Waals surface area contributed by atoms with Gasteiger partial charge in [0.05, 0.1) is 0 Å². The fraction of sp³-hybridized carbons (Fsp3) is 0.636. The summed E-state index contributed by atoms with van der Waals surface area (Å²) in [6.45, 7) is 2.12. The van der Waals surface area contributed by atoms with Crippen molar-refractivity contribution in [3.63, 3.8) is 0 Å². The van der Waals surface area contributed by atoms with Gasteiger partial charge in [0.1, 0.15) is 17.3 Å². The Kier molecular flexibility index (Phi) is 3.61. The van der Waals surface area contributed by atoms with Gasteiger partial charge in [0.15, 0.2) is 0 Å². The highest BCUT2D eigenvalue weighted by Crippen LogP contribution is 2.24. The first-order chi connectivity index (χ1) is 7.66. The van der Waals surface area contributed by atoms with E-state index in [4.69, 9.17) is 11.6 Å². The molecule has 1 aliphatic rings. The minimum Gasteiger partial charge on any atom is -0.352 e. The average molecular weight is 241 g/mol. The molecular weight excluding hydrogens is 224 g/mol. The molecule has 1 saturated heterocycles. The van der Waals surface area contributed by atoms with Gasteiger partial charge < -0.3 is 9.80 Å². The van der Waals surface area contributed by atoms with Crippen molar-refractivity contribution in [3.8, 4) is 0 Å². The van der Waals surface area contributed by atoms with Crippen LogP contribution in [0.5, 0.6) is 0 Å².